The van der Waals surface area contributed by atoms with Crippen LogP contribution in [0.25, 0.3) is 0 Å². The normalized spacial score (nSPS) is 11.3. The lowest BCUT2D eigenvalue weighted by molar-refractivity contribution is 0.570. The Morgan fingerprint density at radius 3 is 2.55 bits per heavy atom. The number of nitrogens with two attached hydrogens (primary N) is 1. The summed E-state index contributed by atoms with van der Waals surface area (Å²) in [5.41, 5.74) is 7.46. The zero-order valence-corrected chi connectivity index (χ0v) is 11.7. The van der Waals surface area contributed by atoms with Gasteiger partial charge in [-0.2, -0.15) is 0 Å². The van der Waals surface area contributed by atoms with E-state index in [1.165, 1.54) is 18.2 Å². The highest BCUT2D eigenvalue weighted by Crippen LogP contribution is 2.22. The van der Waals surface area contributed by atoms with Crippen molar-refractivity contribution in [2.75, 3.05) is 4.72 Å². The lowest BCUT2D eigenvalue weighted by Crippen LogP contribution is -2.15. The molecule has 0 saturated carbocycles. The SMILES string of the molecule is Cc1ccc(CN)cc1NS(=O)(=O)c1ccccc1F. The molecule has 2 aromatic carbocycles. The fourth-order valence-electron chi connectivity index (χ4n) is 1.77. The molecule has 0 aliphatic rings. The summed E-state index contributed by atoms with van der Waals surface area (Å²) in [5, 5.41) is 0. The average Bonchev–Trinajstić information content (AvgIpc) is 2.41. The van der Waals surface area contributed by atoms with E-state index < -0.39 is 15.8 Å². The van der Waals surface area contributed by atoms with Crippen LogP contribution in [0, 0.1) is 12.7 Å². The second-order valence-electron chi connectivity index (χ2n) is 4.39. The summed E-state index contributed by atoms with van der Waals surface area (Å²) in [5.74, 6) is -0.785. The van der Waals surface area contributed by atoms with E-state index in [1.807, 2.05) is 6.07 Å². The molecule has 0 aromatic heterocycles. The van der Waals surface area contributed by atoms with Gasteiger partial charge in [-0.3, -0.25) is 4.72 Å². The summed E-state index contributed by atoms with van der Waals surface area (Å²) in [6, 6.07) is 10.5. The van der Waals surface area contributed by atoms with Crippen LogP contribution in [-0.4, -0.2) is 8.42 Å². The molecule has 20 heavy (non-hydrogen) atoms. The maximum Gasteiger partial charge on any atom is 0.264 e. The third-order valence-corrected chi connectivity index (χ3v) is 4.31. The average molecular weight is 294 g/mol. The molecule has 0 saturated heterocycles. The summed E-state index contributed by atoms with van der Waals surface area (Å²) < 4.78 is 40.4. The number of nitrogens with one attached hydrogen (secondary N) is 1. The number of hydrogen-bond donors (Lipinski definition) is 2. The van der Waals surface area contributed by atoms with Crippen molar-refractivity contribution in [2.24, 2.45) is 5.73 Å². The smallest absolute Gasteiger partial charge is 0.264 e. The fraction of sp³-hybridized carbons (Fsp3) is 0.143. The molecule has 0 fully saturated rings. The molecule has 0 aliphatic heterocycles. The van der Waals surface area contributed by atoms with Crippen molar-refractivity contribution in [2.45, 2.75) is 18.4 Å². The van der Waals surface area contributed by atoms with E-state index in [2.05, 4.69) is 4.72 Å². The van der Waals surface area contributed by atoms with E-state index in [0.717, 1.165) is 17.2 Å². The molecule has 0 unspecified atom stereocenters. The molecule has 106 valence electrons. The lowest BCUT2D eigenvalue weighted by atomic mass is 10.1. The molecule has 6 heteroatoms. The summed E-state index contributed by atoms with van der Waals surface area (Å²) in [6.07, 6.45) is 0. The van der Waals surface area contributed by atoms with E-state index in [4.69, 9.17) is 5.73 Å². The summed E-state index contributed by atoms with van der Waals surface area (Å²) >= 11 is 0. The molecule has 0 spiro atoms. The van der Waals surface area contributed by atoms with Crippen molar-refractivity contribution in [3.05, 3.63) is 59.4 Å². The van der Waals surface area contributed by atoms with Crippen LogP contribution in [-0.2, 0) is 16.6 Å². The third kappa shape index (κ3) is 2.97. The van der Waals surface area contributed by atoms with Gasteiger partial charge < -0.3 is 5.73 Å². The van der Waals surface area contributed by atoms with Gasteiger partial charge in [0.15, 0.2) is 0 Å². The van der Waals surface area contributed by atoms with Crippen LogP contribution < -0.4 is 10.5 Å². The van der Waals surface area contributed by atoms with E-state index in [1.54, 1.807) is 19.1 Å². The van der Waals surface area contributed by atoms with Gasteiger partial charge in [-0.25, -0.2) is 12.8 Å². The van der Waals surface area contributed by atoms with Gasteiger partial charge in [-0.05, 0) is 36.2 Å². The fourth-order valence-corrected chi connectivity index (χ4v) is 2.97. The molecular weight excluding hydrogens is 279 g/mol. The number of sulfonamides is 1. The third-order valence-electron chi connectivity index (χ3n) is 2.91. The van der Waals surface area contributed by atoms with Crippen LogP contribution in [0.15, 0.2) is 47.4 Å². The van der Waals surface area contributed by atoms with Crippen molar-refractivity contribution in [3.8, 4) is 0 Å². The maximum atomic E-state index is 13.6. The molecule has 2 rings (SSSR count). The highest BCUT2D eigenvalue weighted by atomic mass is 32.2. The second kappa shape index (κ2) is 5.60. The van der Waals surface area contributed by atoms with Gasteiger partial charge in [-0.1, -0.05) is 24.3 Å². The number of benzene rings is 2. The minimum atomic E-state index is -3.96. The van der Waals surface area contributed by atoms with Crippen molar-refractivity contribution in [1.29, 1.82) is 0 Å². The molecule has 0 atom stereocenters. The first-order valence-corrected chi connectivity index (χ1v) is 7.49. The number of aryl methyl sites for hydroxylation is 1. The van der Waals surface area contributed by atoms with Crippen molar-refractivity contribution in [3.63, 3.8) is 0 Å². The van der Waals surface area contributed by atoms with Crippen LogP contribution in [0.3, 0.4) is 0 Å². The predicted octanol–water partition coefficient (Wildman–Crippen LogP) is 2.39. The standard InChI is InChI=1S/C14H15FN2O2S/c1-10-6-7-11(9-16)8-13(10)17-20(18,19)14-5-3-2-4-12(14)15/h2-8,17H,9,16H2,1H3. The van der Waals surface area contributed by atoms with Gasteiger partial charge in [0.2, 0.25) is 0 Å². The highest BCUT2D eigenvalue weighted by molar-refractivity contribution is 7.92. The number of hydrogen-bond acceptors (Lipinski definition) is 3. The summed E-state index contributed by atoms with van der Waals surface area (Å²) in [6.45, 7) is 2.06. The minimum Gasteiger partial charge on any atom is -0.326 e. The van der Waals surface area contributed by atoms with Crippen LogP contribution in [0.4, 0.5) is 10.1 Å². The quantitative estimate of drug-likeness (QED) is 0.909. The monoisotopic (exact) mass is 294 g/mol. The van der Waals surface area contributed by atoms with E-state index >= 15 is 0 Å². The molecule has 0 radical (unpaired) electrons. The van der Waals surface area contributed by atoms with Gasteiger partial charge in [0, 0.05) is 6.54 Å². The topological polar surface area (TPSA) is 72.2 Å². The van der Waals surface area contributed by atoms with E-state index in [-0.39, 0.29) is 4.90 Å². The molecule has 2 aromatic rings. The Labute approximate surface area is 117 Å². The Balaban J connectivity index is 2.41. The van der Waals surface area contributed by atoms with Crippen LogP contribution in [0.2, 0.25) is 0 Å². The first-order chi connectivity index (χ1) is 9.44. The molecule has 0 amide bonds. The number of anilines is 1. The Hall–Kier alpha value is -1.92. The first kappa shape index (κ1) is 14.5. The molecule has 0 bridgehead atoms. The van der Waals surface area contributed by atoms with Gasteiger partial charge >= 0.3 is 0 Å². The summed E-state index contributed by atoms with van der Waals surface area (Å²) in [7, 11) is -3.96. The zero-order chi connectivity index (χ0) is 14.8. The van der Waals surface area contributed by atoms with Crippen molar-refractivity contribution < 1.29 is 12.8 Å². The number of halogens is 1. The Bertz CT molecular complexity index is 730. The Kier molecular flexibility index (Phi) is 4.06. The molecule has 3 N–H and O–H groups in total. The first-order valence-electron chi connectivity index (χ1n) is 6.01. The molecule has 0 heterocycles. The van der Waals surface area contributed by atoms with Crippen molar-refractivity contribution >= 4 is 15.7 Å². The molecular formula is C14H15FN2O2S. The van der Waals surface area contributed by atoms with Gasteiger partial charge in [0.25, 0.3) is 10.0 Å². The van der Waals surface area contributed by atoms with Gasteiger partial charge in [0.05, 0.1) is 5.69 Å². The van der Waals surface area contributed by atoms with Crippen molar-refractivity contribution in [1.82, 2.24) is 0 Å². The van der Waals surface area contributed by atoms with Crippen LogP contribution in [0.1, 0.15) is 11.1 Å². The summed E-state index contributed by atoms with van der Waals surface area (Å²) in [4.78, 5) is -0.377. The van der Waals surface area contributed by atoms with Gasteiger partial charge in [-0.15, -0.1) is 0 Å². The number of rotatable bonds is 4. The lowest BCUT2D eigenvalue weighted by Gasteiger charge is -2.12. The molecule has 4 nitrogen and oxygen atoms in total. The minimum absolute atomic E-state index is 0.300. The predicted molar refractivity (Wildman–Crippen MR) is 76.3 cm³/mol. The maximum absolute atomic E-state index is 13.6. The second-order valence-corrected chi connectivity index (χ2v) is 6.04. The highest BCUT2D eigenvalue weighted by Gasteiger charge is 2.19. The van der Waals surface area contributed by atoms with Crippen LogP contribution in [0.5, 0.6) is 0 Å². The zero-order valence-electron chi connectivity index (χ0n) is 10.9. The Morgan fingerprint density at radius 1 is 1.20 bits per heavy atom. The van der Waals surface area contributed by atoms with Gasteiger partial charge in [0.1, 0.15) is 10.7 Å². The Morgan fingerprint density at radius 2 is 1.90 bits per heavy atom. The largest absolute Gasteiger partial charge is 0.326 e. The van der Waals surface area contributed by atoms with E-state index in [0.29, 0.717) is 12.2 Å². The van der Waals surface area contributed by atoms with Crippen LogP contribution >= 0.6 is 0 Å². The van der Waals surface area contributed by atoms with E-state index in [9.17, 15) is 12.8 Å². The molecule has 0 aliphatic carbocycles.